The molecule has 0 heterocycles. The Bertz CT molecular complexity index is 304. The Balaban J connectivity index is 2.59. The molecule has 0 N–H and O–H groups in total. The summed E-state index contributed by atoms with van der Waals surface area (Å²) in [5.74, 6) is 0.588. The standard InChI is InChI=1S/C14H24F3NO/c1-11-6-9-13(10-7-11,18(2)3)12(19)5-4-8-14(15,16)17/h11H,4-10H2,1-3H3. The van der Waals surface area contributed by atoms with Crippen LogP contribution in [0, 0.1) is 5.92 Å². The molecule has 0 saturated heterocycles. The smallest absolute Gasteiger partial charge is 0.298 e. The molecule has 1 saturated carbocycles. The molecular weight excluding hydrogens is 255 g/mol. The molecule has 0 spiro atoms. The van der Waals surface area contributed by atoms with Crippen molar-refractivity contribution in [2.75, 3.05) is 14.1 Å². The van der Waals surface area contributed by atoms with Crippen molar-refractivity contribution in [3.63, 3.8) is 0 Å². The summed E-state index contributed by atoms with van der Waals surface area (Å²) in [6, 6.07) is 0. The number of carbonyl (C=O) groups excluding carboxylic acids is 1. The number of Topliss-reactive ketones (excluding diaryl/α,β-unsaturated/α-hetero) is 1. The van der Waals surface area contributed by atoms with Crippen molar-refractivity contribution in [3.8, 4) is 0 Å². The summed E-state index contributed by atoms with van der Waals surface area (Å²) in [6.07, 6.45) is -1.59. The highest BCUT2D eigenvalue weighted by molar-refractivity contribution is 5.88. The van der Waals surface area contributed by atoms with Crippen molar-refractivity contribution in [1.29, 1.82) is 0 Å². The highest BCUT2D eigenvalue weighted by atomic mass is 19.4. The first kappa shape index (κ1) is 16.5. The van der Waals surface area contributed by atoms with Crippen LogP contribution in [0.5, 0.6) is 0 Å². The summed E-state index contributed by atoms with van der Waals surface area (Å²) in [5, 5.41) is 0. The summed E-state index contributed by atoms with van der Waals surface area (Å²) >= 11 is 0. The lowest BCUT2D eigenvalue weighted by Gasteiger charge is -2.43. The molecule has 19 heavy (non-hydrogen) atoms. The van der Waals surface area contributed by atoms with E-state index in [1.165, 1.54) is 0 Å². The summed E-state index contributed by atoms with van der Waals surface area (Å²) in [4.78, 5) is 14.3. The first-order valence-corrected chi connectivity index (χ1v) is 6.95. The molecule has 1 aliphatic carbocycles. The largest absolute Gasteiger partial charge is 0.389 e. The molecule has 0 aromatic carbocycles. The SMILES string of the molecule is CC1CCC(C(=O)CCCC(F)(F)F)(N(C)C)CC1. The van der Waals surface area contributed by atoms with Gasteiger partial charge >= 0.3 is 6.18 Å². The monoisotopic (exact) mass is 279 g/mol. The predicted octanol–water partition coefficient (Wildman–Crippen LogP) is 3.80. The second kappa shape index (κ2) is 6.25. The van der Waals surface area contributed by atoms with E-state index >= 15 is 0 Å². The van der Waals surface area contributed by atoms with Gasteiger partial charge in [0.1, 0.15) is 0 Å². The third-order valence-electron chi connectivity index (χ3n) is 4.34. The van der Waals surface area contributed by atoms with Crippen LogP contribution < -0.4 is 0 Å². The molecule has 1 aliphatic rings. The van der Waals surface area contributed by atoms with Crippen LogP contribution in [0.2, 0.25) is 0 Å². The molecule has 0 amide bonds. The van der Waals surface area contributed by atoms with Crippen molar-refractivity contribution in [1.82, 2.24) is 4.90 Å². The van der Waals surface area contributed by atoms with Gasteiger partial charge in [0.2, 0.25) is 0 Å². The van der Waals surface area contributed by atoms with E-state index in [4.69, 9.17) is 0 Å². The van der Waals surface area contributed by atoms with Gasteiger partial charge in [-0.15, -0.1) is 0 Å². The Kier molecular flexibility index (Phi) is 5.42. The minimum atomic E-state index is -4.16. The van der Waals surface area contributed by atoms with Crippen LogP contribution in [0.15, 0.2) is 0 Å². The zero-order chi connectivity index (χ0) is 14.7. The molecule has 0 aromatic heterocycles. The molecule has 112 valence electrons. The summed E-state index contributed by atoms with van der Waals surface area (Å²) < 4.78 is 36.4. The summed E-state index contributed by atoms with van der Waals surface area (Å²) in [7, 11) is 3.72. The second-order valence-electron chi connectivity index (χ2n) is 6.00. The van der Waals surface area contributed by atoms with Gasteiger partial charge in [0.15, 0.2) is 5.78 Å². The summed E-state index contributed by atoms with van der Waals surface area (Å²) in [6.45, 7) is 2.16. The fourth-order valence-corrected chi connectivity index (χ4v) is 2.90. The number of hydrogen-bond donors (Lipinski definition) is 0. The van der Waals surface area contributed by atoms with Gasteiger partial charge in [0.25, 0.3) is 0 Å². The average Bonchev–Trinajstić information content (AvgIpc) is 2.28. The number of ketones is 1. The molecule has 1 rings (SSSR count). The highest BCUT2D eigenvalue weighted by Crippen LogP contribution is 2.37. The lowest BCUT2D eigenvalue weighted by molar-refractivity contribution is -0.140. The molecule has 1 fully saturated rings. The quantitative estimate of drug-likeness (QED) is 0.763. The molecule has 0 aliphatic heterocycles. The number of nitrogens with zero attached hydrogens (tertiary/aromatic N) is 1. The van der Waals surface area contributed by atoms with Crippen LogP contribution in [0.3, 0.4) is 0 Å². The highest BCUT2D eigenvalue weighted by Gasteiger charge is 2.42. The minimum Gasteiger partial charge on any atom is -0.298 e. The first-order chi connectivity index (χ1) is 8.67. The fraction of sp³-hybridized carbons (Fsp3) is 0.929. The summed E-state index contributed by atoms with van der Waals surface area (Å²) in [5.41, 5.74) is -0.530. The molecular formula is C14H24F3NO. The van der Waals surface area contributed by atoms with E-state index in [-0.39, 0.29) is 18.6 Å². The Morgan fingerprint density at radius 3 is 2.21 bits per heavy atom. The van der Waals surface area contributed by atoms with Gasteiger partial charge in [-0.2, -0.15) is 13.2 Å². The van der Waals surface area contributed by atoms with Crippen LogP contribution in [0.4, 0.5) is 13.2 Å². The molecule has 0 radical (unpaired) electrons. The maximum atomic E-state index is 12.3. The predicted molar refractivity (Wildman–Crippen MR) is 69.0 cm³/mol. The zero-order valence-corrected chi connectivity index (χ0v) is 12.0. The van der Waals surface area contributed by atoms with E-state index < -0.39 is 18.1 Å². The van der Waals surface area contributed by atoms with Crippen LogP contribution in [0.25, 0.3) is 0 Å². The Morgan fingerprint density at radius 2 is 1.79 bits per heavy atom. The van der Waals surface area contributed by atoms with Crippen LogP contribution >= 0.6 is 0 Å². The van der Waals surface area contributed by atoms with E-state index in [1.807, 2.05) is 19.0 Å². The van der Waals surface area contributed by atoms with Crippen molar-refractivity contribution < 1.29 is 18.0 Å². The number of halogens is 3. The number of hydrogen-bond acceptors (Lipinski definition) is 2. The maximum absolute atomic E-state index is 12.3. The lowest BCUT2D eigenvalue weighted by Crippen LogP contribution is -2.53. The number of alkyl halides is 3. The lowest BCUT2D eigenvalue weighted by atomic mass is 9.73. The third kappa shape index (κ3) is 4.48. The van der Waals surface area contributed by atoms with Gasteiger partial charge in [-0.3, -0.25) is 9.69 Å². The van der Waals surface area contributed by atoms with Gasteiger partial charge in [0.05, 0.1) is 5.54 Å². The zero-order valence-electron chi connectivity index (χ0n) is 12.0. The fourth-order valence-electron chi connectivity index (χ4n) is 2.90. The number of rotatable bonds is 5. The Labute approximate surface area is 113 Å². The van der Waals surface area contributed by atoms with Crippen LogP contribution in [-0.4, -0.2) is 36.5 Å². The van der Waals surface area contributed by atoms with E-state index in [0.717, 1.165) is 25.7 Å². The molecule has 5 heteroatoms. The van der Waals surface area contributed by atoms with Gasteiger partial charge in [-0.25, -0.2) is 0 Å². The second-order valence-corrected chi connectivity index (χ2v) is 6.00. The van der Waals surface area contributed by atoms with Gasteiger partial charge in [0, 0.05) is 12.8 Å². The van der Waals surface area contributed by atoms with E-state index in [0.29, 0.717) is 5.92 Å². The normalized spacial score (nSPS) is 28.7. The van der Waals surface area contributed by atoms with E-state index in [9.17, 15) is 18.0 Å². The maximum Gasteiger partial charge on any atom is 0.389 e. The molecule has 0 unspecified atom stereocenters. The van der Waals surface area contributed by atoms with Gasteiger partial charge < -0.3 is 0 Å². The third-order valence-corrected chi connectivity index (χ3v) is 4.34. The van der Waals surface area contributed by atoms with Crippen LogP contribution in [-0.2, 0) is 4.79 Å². The average molecular weight is 279 g/mol. The molecule has 2 nitrogen and oxygen atoms in total. The molecule has 0 aromatic rings. The Morgan fingerprint density at radius 1 is 1.26 bits per heavy atom. The van der Waals surface area contributed by atoms with E-state index in [1.54, 1.807) is 0 Å². The van der Waals surface area contributed by atoms with Crippen molar-refractivity contribution in [2.45, 2.75) is 63.6 Å². The molecule has 0 atom stereocenters. The Hall–Kier alpha value is -0.580. The number of carbonyl (C=O) groups is 1. The number of likely N-dealkylation sites (N-methyl/N-ethyl adjacent to an activating group) is 1. The van der Waals surface area contributed by atoms with Gasteiger partial charge in [-0.05, 0) is 52.1 Å². The minimum absolute atomic E-state index is 0.0198. The topological polar surface area (TPSA) is 20.3 Å². The van der Waals surface area contributed by atoms with Crippen molar-refractivity contribution in [3.05, 3.63) is 0 Å². The van der Waals surface area contributed by atoms with Gasteiger partial charge in [-0.1, -0.05) is 6.92 Å². The van der Waals surface area contributed by atoms with Crippen molar-refractivity contribution >= 4 is 5.78 Å². The van der Waals surface area contributed by atoms with E-state index in [2.05, 4.69) is 6.92 Å². The van der Waals surface area contributed by atoms with Crippen LogP contribution in [0.1, 0.15) is 51.9 Å². The first-order valence-electron chi connectivity index (χ1n) is 6.95. The van der Waals surface area contributed by atoms with Crippen molar-refractivity contribution in [2.24, 2.45) is 5.92 Å². The molecule has 0 bridgehead atoms.